The summed E-state index contributed by atoms with van der Waals surface area (Å²) in [6.07, 6.45) is 1.63. The van der Waals surface area contributed by atoms with E-state index in [1.165, 1.54) is 5.56 Å². The molecule has 0 saturated heterocycles. The van der Waals surface area contributed by atoms with E-state index < -0.39 is 0 Å². The molecule has 2 N–H and O–H groups in total. The molecule has 0 aliphatic heterocycles. The van der Waals surface area contributed by atoms with Gasteiger partial charge in [-0.25, -0.2) is 4.79 Å². The van der Waals surface area contributed by atoms with Gasteiger partial charge in [0.1, 0.15) is 12.4 Å². The van der Waals surface area contributed by atoms with Crippen LogP contribution in [0, 0.1) is 13.8 Å². The number of nitrogens with one attached hydrogen (secondary N) is 2. The van der Waals surface area contributed by atoms with Gasteiger partial charge in [0.15, 0.2) is 0 Å². The van der Waals surface area contributed by atoms with Crippen molar-refractivity contribution in [3.63, 3.8) is 0 Å². The number of carbonyl (C=O) groups is 1. The van der Waals surface area contributed by atoms with Gasteiger partial charge in [-0.05, 0) is 25.5 Å². The normalized spacial score (nSPS) is 9.67. The number of hydrogen-bond acceptors (Lipinski definition) is 2. The highest BCUT2D eigenvalue weighted by Gasteiger charge is 2.00. The van der Waals surface area contributed by atoms with Gasteiger partial charge in [0.05, 0.1) is 6.54 Å². The fraction of sp³-hybridized carbons (Fsp3) is 0.357. The second-order valence-electron chi connectivity index (χ2n) is 4.04. The number of benzene rings is 1. The molecule has 98 valence electrons. The molecule has 2 amide bonds. The van der Waals surface area contributed by atoms with Gasteiger partial charge in [-0.1, -0.05) is 23.8 Å². The highest BCUT2D eigenvalue weighted by Crippen LogP contribution is 2.18. The summed E-state index contributed by atoms with van der Waals surface area (Å²) in [5.41, 5.74) is 2.31. The molecule has 0 aliphatic rings. The largest absolute Gasteiger partial charge is 0.491 e. The first-order valence-corrected chi connectivity index (χ1v) is 5.96. The Morgan fingerprint density at radius 2 is 2.17 bits per heavy atom. The molecule has 0 bridgehead atoms. The van der Waals surface area contributed by atoms with Crippen LogP contribution < -0.4 is 15.4 Å². The molecule has 0 saturated carbocycles. The second-order valence-corrected chi connectivity index (χ2v) is 4.04. The van der Waals surface area contributed by atoms with Crippen LogP contribution in [0.3, 0.4) is 0 Å². The maximum atomic E-state index is 11.2. The Kier molecular flexibility index (Phi) is 5.77. The minimum absolute atomic E-state index is 0.209. The third-order valence-electron chi connectivity index (χ3n) is 2.38. The lowest BCUT2D eigenvalue weighted by Gasteiger charge is -2.10. The van der Waals surface area contributed by atoms with Crippen LogP contribution in [0.15, 0.2) is 30.9 Å². The topological polar surface area (TPSA) is 50.4 Å². The van der Waals surface area contributed by atoms with E-state index in [4.69, 9.17) is 4.74 Å². The smallest absolute Gasteiger partial charge is 0.315 e. The molecule has 1 aromatic carbocycles. The highest BCUT2D eigenvalue weighted by molar-refractivity contribution is 5.73. The van der Waals surface area contributed by atoms with Gasteiger partial charge in [-0.3, -0.25) is 0 Å². The number of carbonyl (C=O) groups excluding carboxylic acids is 1. The molecule has 0 aromatic heterocycles. The lowest BCUT2D eigenvalue weighted by Crippen LogP contribution is -2.37. The summed E-state index contributed by atoms with van der Waals surface area (Å²) in [5.74, 6) is 0.855. The third-order valence-corrected chi connectivity index (χ3v) is 2.38. The minimum atomic E-state index is -0.209. The van der Waals surface area contributed by atoms with Crippen LogP contribution >= 0.6 is 0 Å². The molecule has 18 heavy (non-hydrogen) atoms. The summed E-state index contributed by atoms with van der Waals surface area (Å²) in [6.45, 7) is 8.95. The Balaban J connectivity index is 2.25. The average molecular weight is 248 g/mol. The van der Waals surface area contributed by atoms with Crippen LogP contribution in [0.1, 0.15) is 11.1 Å². The summed E-state index contributed by atoms with van der Waals surface area (Å²) >= 11 is 0. The van der Waals surface area contributed by atoms with E-state index in [-0.39, 0.29) is 6.03 Å². The molecule has 0 aliphatic carbocycles. The standard InChI is InChI=1S/C14H20N2O2/c1-4-7-15-14(17)16-8-9-18-13-6-5-11(2)10-12(13)3/h4-6,10H,1,7-9H2,2-3H3,(H2,15,16,17). The van der Waals surface area contributed by atoms with Gasteiger partial charge in [0.2, 0.25) is 0 Å². The Morgan fingerprint density at radius 3 is 2.83 bits per heavy atom. The number of aryl methyl sites for hydroxylation is 2. The van der Waals surface area contributed by atoms with Crippen molar-refractivity contribution in [2.75, 3.05) is 19.7 Å². The van der Waals surface area contributed by atoms with Crippen LogP contribution in [-0.2, 0) is 0 Å². The first kappa shape index (κ1) is 14.1. The molecule has 0 heterocycles. The zero-order valence-corrected chi connectivity index (χ0v) is 11.0. The molecule has 0 atom stereocenters. The number of amides is 2. The minimum Gasteiger partial charge on any atom is -0.491 e. The number of hydrogen-bond donors (Lipinski definition) is 2. The lowest BCUT2D eigenvalue weighted by molar-refractivity contribution is 0.237. The van der Waals surface area contributed by atoms with E-state index in [1.54, 1.807) is 6.08 Å². The van der Waals surface area contributed by atoms with Crippen LogP contribution in [0.25, 0.3) is 0 Å². The fourth-order valence-corrected chi connectivity index (χ4v) is 1.51. The van der Waals surface area contributed by atoms with Crippen molar-refractivity contribution in [3.05, 3.63) is 42.0 Å². The SMILES string of the molecule is C=CCNC(=O)NCCOc1ccc(C)cc1C. The van der Waals surface area contributed by atoms with Gasteiger partial charge in [-0.2, -0.15) is 0 Å². The van der Waals surface area contributed by atoms with Crippen molar-refractivity contribution in [1.29, 1.82) is 0 Å². The van der Waals surface area contributed by atoms with Crippen molar-refractivity contribution in [2.24, 2.45) is 0 Å². The van der Waals surface area contributed by atoms with Crippen molar-refractivity contribution < 1.29 is 9.53 Å². The van der Waals surface area contributed by atoms with Crippen molar-refractivity contribution in [2.45, 2.75) is 13.8 Å². The summed E-state index contributed by atoms with van der Waals surface area (Å²) < 4.78 is 5.58. The van der Waals surface area contributed by atoms with E-state index >= 15 is 0 Å². The number of rotatable bonds is 6. The first-order chi connectivity index (χ1) is 8.63. The van der Waals surface area contributed by atoms with Crippen molar-refractivity contribution in [3.8, 4) is 5.75 Å². The van der Waals surface area contributed by atoms with Crippen LogP contribution in [-0.4, -0.2) is 25.7 Å². The van der Waals surface area contributed by atoms with Gasteiger partial charge in [-0.15, -0.1) is 6.58 Å². The maximum absolute atomic E-state index is 11.2. The lowest BCUT2D eigenvalue weighted by atomic mass is 10.1. The third kappa shape index (κ3) is 4.91. The van der Waals surface area contributed by atoms with Gasteiger partial charge in [0.25, 0.3) is 0 Å². The summed E-state index contributed by atoms with van der Waals surface area (Å²) in [5, 5.41) is 5.32. The molecule has 0 fully saturated rings. The Bertz CT molecular complexity index is 416. The van der Waals surface area contributed by atoms with Crippen LogP contribution in [0.2, 0.25) is 0 Å². The molecule has 0 spiro atoms. The maximum Gasteiger partial charge on any atom is 0.315 e. The molecular formula is C14H20N2O2. The number of urea groups is 1. The average Bonchev–Trinajstić information content (AvgIpc) is 2.34. The number of ether oxygens (including phenoxy) is 1. The monoisotopic (exact) mass is 248 g/mol. The van der Waals surface area contributed by atoms with Crippen LogP contribution in [0.5, 0.6) is 5.75 Å². The van der Waals surface area contributed by atoms with Crippen molar-refractivity contribution in [1.82, 2.24) is 10.6 Å². The van der Waals surface area contributed by atoms with Crippen molar-refractivity contribution >= 4 is 6.03 Å². The Hall–Kier alpha value is -1.97. The molecule has 0 radical (unpaired) electrons. The predicted molar refractivity (Wildman–Crippen MR) is 73.0 cm³/mol. The quantitative estimate of drug-likeness (QED) is 0.599. The fourth-order valence-electron chi connectivity index (χ4n) is 1.51. The molecule has 4 heteroatoms. The van der Waals surface area contributed by atoms with E-state index in [1.807, 2.05) is 26.0 Å². The van der Waals surface area contributed by atoms with E-state index in [9.17, 15) is 4.79 Å². The molecule has 1 aromatic rings. The molecule has 4 nitrogen and oxygen atoms in total. The van der Waals surface area contributed by atoms with Gasteiger partial charge < -0.3 is 15.4 Å². The van der Waals surface area contributed by atoms with Gasteiger partial charge in [0, 0.05) is 6.54 Å². The zero-order valence-electron chi connectivity index (χ0n) is 11.0. The summed E-state index contributed by atoms with van der Waals surface area (Å²) in [4.78, 5) is 11.2. The first-order valence-electron chi connectivity index (χ1n) is 5.96. The zero-order chi connectivity index (χ0) is 13.4. The van der Waals surface area contributed by atoms with Crippen LogP contribution in [0.4, 0.5) is 4.79 Å². The molecule has 0 unspecified atom stereocenters. The predicted octanol–water partition coefficient (Wildman–Crippen LogP) is 2.17. The summed E-state index contributed by atoms with van der Waals surface area (Å²) in [6, 6.07) is 5.81. The molecule has 1 rings (SSSR count). The Morgan fingerprint density at radius 1 is 1.39 bits per heavy atom. The summed E-state index contributed by atoms with van der Waals surface area (Å²) in [7, 11) is 0. The van der Waals surface area contributed by atoms with E-state index in [2.05, 4.69) is 23.3 Å². The van der Waals surface area contributed by atoms with Gasteiger partial charge >= 0.3 is 6.03 Å². The second kappa shape index (κ2) is 7.37. The van der Waals surface area contributed by atoms with E-state index in [0.29, 0.717) is 19.7 Å². The Labute approximate surface area is 108 Å². The highest BCUT2D eigenvalue weighted by atomic mass is 16.5. The molecular weight excluding hydrogens is 228 g/mol. The van der Waals surface area contributed by atoms with E-state index in [0.717, 1.165) is 11.3 Å².